The fraction of sp³-hybridized carbons (Fsp3) is 0.478. The first-order valence-corrected chi connectivity index (χ1v) is 11.6. The Morgan fingerprint density at radius 3 is 2.47 bits per heavy atom. The molecule has 5 rings (SSSR count). The van der Waals surface area contributed by atoms with Crippen molar-refractivity contribution < 1.29 is 4.79 Å². The molecule has 0 unspecified atom stereocenters. The van der Waals surface area contributed by atoms with Crippen molar-refractivity contribution in [1.82, 2.24) is 29.4 Å². The van der Waals surface area contributed by atoms with E-state index in [-0.39, 0.29) is 5.91 Å². The number of carbonyl (C=O) groups is 1. The van der Waals surface area contributed by atoms with Crippen molar-refractivity contribution in [2.45, 2.75) is 26.2 Å². The molecule has 2 saturated heterocycles. The molecule has 0 atom stereocenters. The summed E-state index contributed by atoms with van der Waals surface area (Å²) in [5.41, 5.74) is 2.26. The van der Waals surface area contributed by atoms with Crippen LogP contribution in [0.15, 0.2) is 36.7 Å². The lowest BCUT2D eigenvalue weighted by molar-refractivity contribution is 0.0643. The third-order valence-electron chi connectivity index (χ3n) is 6.38. The Kier molecular flexibility index (Phi) is 5.89. The van der Waals surface area contributed by atoms with Gasteiger partial charge >= 0.3 is 0 Å². The molecular formula is C23H30N8O. The quantitative estimate of drug-likeness (QED) is 0.661. The van der Waals surface area contributed by atoms with Crippen LogP contribution in [0.1, 0.15) is 36.5 Å². The lowest BCUT2D eigenvalue weighted by atomic mass is 10.1. The van der Waals surface area contributed by atoms with E-state index in [1.165, 1.54) is 6.42 Å². The first-order valence-electron chi connectivity index (χ1n) is 11.6. The highest BCUT2D eigenvalue weighted by Crippen LogP contribution is 2.23. The van der Waals surface area contributed by atoms with Crippen LogP contribution in [0.4, 0.5) is 17.5 Å². The molecule has 0 aliphatic carbocycles. The number of piperidine rings is 1. The molecule has 0 saturated carbocycles. The Morgan fingerprint density at radius 1 is 1.00 bits per heavy atom. The smallest absolute Gasteiger partial charge is 0.253 e. The van der Waals surface area contributed by atoms with Crippen LogP contribution in [-0.4, -0.2) is 81.1 Å². The SMILES string of the molecule is CCN1CCN(C(=O)c2ccc(Nc3nc(N4CCCCC4)nn4ccnc34)cc2)CC1. The zero-order valence-corrected chi connectivity index (χ0v) is 18.6. The van der Waals surface area contributed by atoms with Crippen molar-refractivity contribution >= 4 is 29.0 Å². The summed E-state index contributed by atoms with van der Waals surface area (Å²) in [6, 6.07) is 7.62. The van der Waals surface area contributed by atoms with Gasteiger partial charge in [-0.15, -0.1) is 5.10 Å². The summed E-state index contributed by atoms with van der Waals surface area (Å²) in [6.07, 6.45) is 7.16. The number of amides is 1. The van der Waals surface area contributed by atoms with Crippen molar-refractivity contribution in [3.05, 3.63) is 42.2 Å². The molecule has 1 aromatic carbocycles. The zero-order valence-electron chi connectivity index (χ0n) is 18.6. The van der Waals surface area contributed by atoms with Gasteiger partial charge in [-0.25, -0.2) is 9.50 Å². The third-order valence-corrected chi connectivity index (χ3v) is 6.38. The Hall–Kier alpha value is -3.20. The number of aromatic nitrogens is 4. The van der Waals surface area contributed by atoms with Gasteiger partial charge in [0.15, 0.2) is 11.5 Å². The number of fused-ring (bicyclic) bond motifs is 1. The van der Waals surface area contributed by atoms with Crippen molar-refractivity contribution in [1.29, 1.82) is 0 Å². The van der Waals surface area contributed by atoms with E-state index in [0.717, 1.165) is 70.3 Å². The summed E-state index contributed by atoms with van der Waals surface area (Å²) in [6.45, 7) is 8.59. The van der Waals surface area contributed by atoms with Gasteiger partial charge in [0.05, 0.1) is 0 Å². The summed E-state index contributed by atoms with van der Waals surface area (Å²) in [5.74, 6) is 1.48. The standard InChI is InChI=1S/C23H30N8O/c1-2-28-14-16-29(17-15-28)22(32)18-6-8-19(9-7-18)25-20-21-24-10-13-31(21)27-23(26-20)30-11-4-3-5-12-30/h6-10,13H,2-5,11-12,14-17H2,1H3,(H,25,26,27). The fourth-order valence-corrected chi connectivity index (χ4v) is 4.41. The van der Waals surface area contributed by atoms with Crippen molar-refractivity contribution in [2.75, 3.05) is 56.0 Å². The van der Waals surface area contributed by atoms with Crippen molar-refractivity contribution in [3.8, 4) is 0 Å². The topological polar surface area (TPSA) is 81.9 Å². The molecule has 2 aliphatic rings. The Morgan fingerprint density at radius 2 is 1.75 bits per heavy atom. The summed E-state index contributed by atoms with van der Waals surface area (Å²) in [4.78, 5) is 28.6. The Labute approximate surface area is 188 Å². The second-order valence-corrected chi connectivity index (χ2v) is 8.43. The highest BCUT2D eigenvalue weighted by atomic mass is 16.2. The van der Waals surface area contributed by atoms with Crippen molar-refractivity contribution in [3.63, 3.8) is 0 Å². The normalized spacial score (nSPS) is 17.7. The molecule has 0 spiro atoms. The summed E-state index contributed by atoms with van der Waals surface area (Å²) >= 11 is 0. The van der Waals surface area contributed by atoms with E-state index in [1.807, 2.05) is 35.4 Å². The molecule has 1 N–H and O–H groups in total. The summed E-state index contributed by atoms with van der Waals surface area (Å²) < 4.78 is 1.77. The van der Waals surface area contributed by atoms with Crippen molar-refractivity contribution in [2.24, 2.45) is 0 Å². The molecule has 2 aliphatic heterocycles. The highest BCUT2D eigenvalue weighted by Gasteiger charge is 2.21. The number of benzene rings is 1. The van der Waals surface area contributed by atoms with E-state index in [2.05, 4.69) is 32.1 Å². The van der Waals surface area contributed by atoms with Gasteiger partial charge in [-0.1, -0.05) is 6.92 Å². The molecule has 3 aromatic rings. The minimum absolute atomic E-state index is 0.0948. The first kappa shape index (κ1) is 20.7. The second kappa shape index (κ2) is 9.12. The second-order valence-electron chi connectivity index (χ2n) is 8.43. The number of hydrogen-bond donors (Lipinski definition) is 1. The maximum absolute atomic E-state index is 12.9. The summed E-state index contributed by atoms with van der Waals surface area (Å²) in [5, 5.41) is 8.02. The fourth-order valence-electron chi connectivity index (χ4n) is 4.41. The van der Waals surface area contributed by atoms with E-state index in [1.54, 1.807) is 10.7 Å². The molecule has 0 bridgehead atoms. The molecule has 4 heterocycles. The largest absolute Gasteiger partial charge is 0.340 e. The van der Waals surface area contributed by atoms with Gasteiger partial charge in [0.1, 0.15) is 0 Å². The Bertz CT molecular complexity index is 1070. The average Bonchev–Trinajstić information content (AvgIpc) is 3.34. The van der Waals surface area contributed by atoms with E-state index in [0.29, 0.717) is 17.0 Å². The summed E-state index contributed by atoms with van der Waals surface area (Å²) in [7, 11) is 0. The van der Waals surface area contributed by atoms with Crippen LogP contribution >= 0.6 is 0 Å². The predicted molar refractivity (Wildman–Crippen MR) is 125 cm³/mol. The minimum Gasteiger partial charge on any atom is -0.340 e. The molecule has 32 heavy (non-hydrogen) atoms. The number of nitrogens with zero attached hydrogens (tertiary/aromatic N) is 7. The van der Waals surface area contributed by atoms with Gasteiger partial charge in [-0.2, -0.15) is 4.98 Å². The number of carbonyl (C=O) groups excluding carboxylic acids is 1. The van der Waals surface area contributed by atoms with Crippen LogP contribution < -0.4 is 10.2 Å². The number of nitrogens with one attached hydrogen (secondary N) is 1. The van der Waals surface area contributed by atoms with Gasteiger partial charge in [0.2, 0.25) is 5.95 Å². The maximum Gasteiger partial charge on any atom is 0.253 e. The van der Waals surface area contributed by atoms with Crippen LogP contribution in [0.3, 0.4) is 0 Å². The van der Waals surface area contributed by atoms with Crippen LogP contribution in [-0.2, 0) is 0 Å². The lowest BCUT2D eigenvalue weighted by Gasteiger charge is -2.34. The van der Waals surface area contributed by atoms with Crippen LogP contribution in [0.5, 0.6) is 0 Å². The number of rotatable bonds is 5. The number of piperazine rings is 1. The molecule has 168 valence electrons. The molecule has 2 aromatic heterocycles. The van der Waals surface area contributed by atoms with Gasteiger partial charge in [0, 0.05) is 62.9 Å². The van der Waals surface area contributed by atoms with Crippen LogP contribution in [0.25, 0.3) is 5.65 Å². The maximum atomic E-state index is 12.9. The van der Waals surface area contributed by atoms with Gasteiger partial charge < -0.3 is 20.0 Å². The van der Waals surface area contributed by atoms with Crippen LogP contribution in [0, 0.1) is 0 Å². The molecule has 9 nitrogen and oxygen atoms in total. The van der Waals surface area contributed by atoms with E-state index in [9.17, 15) is 4.79 Å². The zero-order chi connectivity index (χ0) is 21.9. The molecular weight excluding hydrogens is 404 g/mol. The van der Waals surface area contributed by atoms with E-state index >= 15 is 0 Å². The monoisotopic (exact) mass is 434 g/mol. The lowest BCUT2D eigenvalue weighted by Crippen LogP contribution is -2.48. The number of likely N-dealkylation sites (N-methyl/N-ethyl adjacent to an activating group) is 1. The third kappa shape index (κ3) is 4.25. The minimum atomic E-state index is 0.0948. The number of anilines is 3. The van der Waals surface area contributed by atoms with E-state index < -0.39 is 0 Å². The van der Waals surface area contributed by atoms with Crippen LogP contribution in [0.2, 0.25) is 0 Å². The molecule has 0 radical (unpaired) electrons. The highest BCUT2D eigenvalue weighted by molar-refractivity contribution is 5.94. The van der Waals surface area contributed by atoms with Gasteiger partial charge in [-0.05, 0) is 50.1 Å². The predicted octanol–water partition coefficient (Wildman–Crippen LogP) is 2.64. The van der Waals surface area contributed by atoms with Gasteiger partial charge in [0.25, 0.3) is 5.91 Å². The van der Waals surface area contributed by atoms with Gasteiger partial charge in [-0.3, -0.25) is 4.79 Å². The molecule has 2 fully saturated rings. The number of hydrogen-bond acceptors (Lipinski definition) is 7. The first-order chi connectivity index (χ1) is 15.7. The molecule has 1 amide bonds. The molecule has 9 heteroatoms. The Balaban J connectivity index is 1.32. The number of imidazole rings is 1. The average molecular weight is 435 g/mol. The van der Waals surface area contributed by atoms with E-state index in [4.69, 9.17) is 4.98 Å².